The molecule has 0 saturated heterocycles. The van der Waals surface area contributed by atoms with Gasteiger partial charge in [-0.05, 0) is 48.5 Å². The normalized spacial score (nSPS) is 10.6. The van der Waals surface area contributed by atoms with Crippen LogP contribution in [0.15, 0.2) is 53.1 Å². The molecule has 1 N–H and O–H groups in total. The van der Waals surface area contributed by atoms with Crippen LogP contribution in [-0.4, -0.2) is 10.1 Å². The first-order valence-electron chi connectivity index (χ1n) is 6.29. The Balaban J connectivity index is 1.67. The molecule has 0 aliphatic carbocycles. The molecule has 1 aromatic heterocycles. The highest BCUT2D eigenvalue weighted by atomic mass is 35.5. The summed E-state index contributed by atoms with van der Waals surface area (Å²) in [5, 5.41) is 7.70. The average molecular weight is 304 g/mol. The zero-order valence-electron chi connectivity index (χ0n) is 10.9. The molecule has 4 nitrogen and oxygen atoms in total. The van der Waals surface area contributed by atoms with Gasteiger partial charge in [-0.2, -0.15) is 4.98 Å². The van der Waals surface area contributed by atoms with E-state index in [9.17, 15) is 4.39 Å². The van der Waals surface area contributed by atoms with E-state index in [4.69, 9.17) is 16.1 Å². The van der Waals surface area contributed by atoms with Crippen LogP contribution in [0.5, 0.6) is 0 Å². The summed E-state index contributed by atoms with van der Waals surface area (Å²) < 4.78 is 18.0. The first-order valence-corrected chi connectivity index (χ1v) is 6.66. The maximum Gasteiger partial charge on any atom is 0.246 e. The van der Waals surface area contributed by atoms with Gasteiger partial charge in [-0.3, -0.25) is 0 Å². The van der Waals surface area contributed by atoms with E-state index in [1.54, 1.807) is 24.3 Å². The van der Waals surface area contributed by atoms with Crippen molar-refractivity contribution in [1.29, 1.82) is 0 Å². The fourth-order valence-corrected chi connectivity index (χ4v) is 1.91. The second-order valence-electron chi connectivity index (χ2n) is 4.38. The van der Waals surface area contributed by atoms with E-state index in [0.29, 0.717) is 28.8 Å². The van der Waals surface area contributed by atoms with Crippen molar-refractivity contribution < 1.29 is 8.91 Å². The standard InChI is InChI=1S/C15H11ClFN3O/c16-11-3-7-13(8-4-11)18-9-14-19-15(20-21-14)10-1-5-12(17)6-2-10/h1-8,18H,9H2. The summed E-state index contributed by atoms with van der Waals surface area (Å²) in [5.41, 5.74) is 1.61. The number of hydrogen-bond acceptors (Lipinski definition) is 4. The van der Waals surface area contributed by atoms with Crippen molar-refractivity contribution in [3.63, 3.8) is 0 Å². The first-order chi connectivity index (χ1) is 10.2. The van der Waals surface area contributed by atoms with Crippen molar-refractivity contribution in [1.82, 2.24) is 10.1 Å². The summed E-state index contributed by atoms with van der Waals surface area (Å²) in [5.74, 6) is 0.582. The fraction of sp³-hybridized carbons (Fsp3) is 0.0667. The third-order valence-electron chi connectivity index (χ3n) is 2.86. The number of hydrogen-bond donors (Lipinski definition) is 1. The fourth-order valence-electron chi connectivity index (χ4n) is 1.79. The Kier molecular flexibility index (Phi) is 3.83. The molecule has 0 aliphatic heterocycles. The van der Waals surface area contributed by atoms with Gasteiger partial charge in [0.05, 0.1) is 6.54 Å². The number of anilines is 1. The molecule has 6 heteroatoms. The summed E-state index contributed by atoms with van der Waals surface area (Å²) in [4.78, 5) is 4.25. The lowest BCUT2D eigenvalue weighted by Crippen LogP contribution is -1.99. The Hall–Kier alpha value is -2.40. The van der Waals surface area contributed by atoms with E-state index in [1.807, 2.05) is 12.1 Å². The van der Waals surface area contributed by atoms with Crippen LogP contribution in [0.25, 0.3) is 11.4 Å². The van der Waals surface area contributed by atoms with Crippen molar-refractivity contribution in [2.45, 2.75) is 6.54 Å². The number of nitrogens with one attached hydrogen (secondary N) is 1. The molecule has 3 rings (SSSR count). The minimum atomic E-state index is -0.299. The lowest BCUT2D eigenvalue weighted by Gasteiger charge is -2.02. The minimum Gasteiger partial charge on any atom is -0.376 e. The van der Waals surface area contributed by atoms with Crippen molar-refractivity contribution in [2.75, 3.05) is 5.32 Å². The van der Waals surface area contributed by atoms with E-state index in [-0.39, 0.29) is 5.82 Å². The molecular weight excluding hydrogens is 293 g/mol. The minimum absolute atomic E-state index is 0.299. The van der Waals surface area contributed by atoms with Crippen LogP contribution in [-0.2, 0) is 6.54 Å². The van der Waals surface area contributed by atoms with E-state index >= 15 is 0 Å². The summed E-state index contributed by atoms with van der Waals surface area (Å²) in [6.45, 7) is 0.399. The molecule has 0 aliphatic rings. The van der Waals surface area contributed by atoms with Gasteiger partial charge in [-0.15, -0.1) is 0 Å². The van der Waals surface area contributed by atoms with Crippen molar-refractivity contribution >= 4 is 17.3 Å². The number of aromatic nitrogens is 2. The summed E-state index contributed by atoms with van der Waals surface area (Å²) >= 11 is 5.82. The Morgan fingerprint density at radius 2 is 1.76 bits per heavy atom. The maximum absolute atomic E-state index is 12.9. The van der Waals surface area contributed by atoms with Crippen LogP contribution in [0.3, 0.4) is 0 Å². The third-order valence-corrected chi connectivity index (χ3v) is 3.11. The van der Waals surface area contributed by atoms with Crippen LogP contribution in [0.4, 0.5) is 10.1 Å². The lowest BCUT2D eigenvalue weighted by atomic mass is 10.2. The van der Waals surface area contributed by atoms with Gasteiger partial charge in [0.2, 0.25) is 11.7 Å². The second kappa shape index (κ2) is 5.93. The molecule has 1 heterocycles. The van der Waals surface area contributed by atoms with Gasteiger partial charge in [0, 0.05) is 16.3 Å². The van der Waals surface area contributed by atoms with Gasteiger partial charge in [-0.1, -0.05) is 16.8 Å². The largest absolute Gasteiger partial charge is 0.376 e. The van der Waals surface area contributed by atoms with Gasteiger partial charge in [0.15, 0.2) is 0 Å². The highest BCUT2D eigenvalue weighted by Gasteiger charge is 2.08. The molecule has 0 radical (unpaired) electrons. The topological polar surface area (TPSA) is 51.0 Å². The van der Waals surface area contributed by atoms with E-state index in [2.05, 4.69) is 15.5 Å². The first kappa shape index (κ1) is 13.6. The Morgan fingerprint density at radius 3 is 2.48 bits per heavy atom. The number of halogens is 2. The van der Waals surface area contributed by atoms with Crippen molar-refractivity contribution in [2.24, 2.45) is 0 Å². The predicted octanol–water partition coefficient (Wildman–Crippen LogP) is 4.14. The molecule has 3 aromatic rings. The highest BCUT2D eigenvalue weighted by molar-refractivity contribution is 6.30. The number of rotatable bonds is 4. The predicted molar refractivity (Wildman–Crippen MR) is 78.5 cm³/mol. The van der Waals surface area contributed by atoms with Gasteiger partial charge in [0.1, 0.15) is 5.82 Å². The number of nitrogens with zero attached hydrogens (tertiary/aromatic N) is 2. The van der Waals surface area contributed by atoms with Gasteiger partial charge in [0.25, 0.3) is 0 Å². The monoisotopic (exact) mass is 303 g/mol. The van der Waals surface area contributed by atoms with Gasteiger partial charge < -0.3 is 9.84 Å². The van der Waals surface area contributed by atoms with Gasteiger partial charge >= 0.3 is 0 Å². The molecule has 106 valence electrons. The molecule has 0 saturated carbocycles. The maximum atomic E-state index is 12.9. The molecule has 0 unspecified atom stereocenters. The molecule has 0 fully saturated rings. The number of benzene rings is 2. The SMILES string of the molecule is Fc1ccc(-c2noc(CNc3ccc(Cl)cc3)n2)cc1. The van der Waals surface area contributed by atoms with Crippen molar-refractivity contribution in [3.8, 4) is 11.4 Å². The summed E-state index contributed by atoms with van der Waals surface area (Å²) in [7, 11) is 0. The lowest BCUT2D eigenvalue weighted by molar-refractivity contribution is 0.384. The molecule has 0 spiro atoms. The van der Waals surface area contributed by atoms with E-state index < -0.39 is 0 Å². The summed E-state index contributed by atoms with van der Waals surface area (Å²) in [6.07, 6.45) is 0. The summed E-state index contributed by atoms with van der Waals surface area (Å²) in [6, 6.07) is 13.2. The van der Waals surface area contributed by atoms with Crippen molar-refractivity contribution in [3.05, 3.63) is 65.3 Å². The second-order valence-corrected chi connectivity index (χ2v) is 4.82. The molecular formula is C15H11ClFN3O. The molecule has 0 bridgehead atoms. The zero-order valence-corrected chi connectivity index (χ0v) is 11.6. The smallest absolute Gasteiger partial charge is 0.246 e. The Bertz CT molecular complexity index is 725. The average Bonchev–Trinajstić information content (AvgIpc) is 2.96. The highest BCUT2D eigenvalue weighted by Crippen LogP contribution is 2.17. The van der Waals surface area contributed by atoms with Crippen LogP contribution in [0.2, 0.25) is 5.02 Å². The Morgan fingerprint density at radius 1 is 1.05 bits per heavy atom. The van der Waals surface area contributed by atoms with Crippen LogP contribution < -0.4 is 5.32 Å². The van der Waals surface area contributed by atoms with Crippen LogP contribution >= 0.6 is 11.6 Å². The van der Waals surface area contributed by atoms with E-state index in [1.165, 1.54) is 12.1 Å². The molecule has 0 atom stereocenters. The Labute approximate surface area is 125 Å². The van der Waals surface area contributed by atoms with Crippen LogP contribution in [0.1, 0.15) is 5.89 Å². The van der Waals surface area contributed by atoms with Gasteiger partial charge in [-0.25, -0.2) is 4.39 Å². The zero-order chi connectivity index (χ0) is 14.7. The van der Waals surface area contributed by atoms with Crippen LogP contribution in [0, 0.1) is 5.82 Å². The molecule has 0 amide bonds. The quantitative estimate of drug-likeness (QED) is 0.787. The molecule has 21 heavy (non-hydrogen) atoms. The third kappa shape index (κ3) is 3.38. The van der Waals surface area contributed by atoms with E-state index in [0.717, 1.165) is 5.69 Å². The molecule has 2 aromatic carbocycles.